The highest BCUT2D eigenvalue weighted by molar-refractivity contribution is 5.93. The highest BCUT2D eigenvalue weighted by Gasteiger charge is 1.88. The van der Waals surface area contributed by atoms with Gasteiger partial charge >= 0.3 is 0 Å². The van der Waals surface area contributed by atoms with Gasteiger partial charge < -0.3 is 15.2 Å². The van der Waals surface area contributed by atoms with Gasteiger partial charge in [0.25, 0.3) is 0 Å². The van der Waals surface area contributed by atoms with Gasteiger partial charge in [0.2, 0.25) is 5.91 Å². The fourth-order valence-electron chi connectivity index (χ4n) is 0.377. The largest absolute Gasteiger partial charge is 0.545 e. The normalized spacial score (nSPS) is 9.70. The van der Waals surface area contributed by atoms with Gasteiger partial charge in [0.05, 0.1) is 5.97 Å². The zero-order valence-corrected chi connectivity index (χ0v) is 5.59. The molecule has 0 radical (unpaired) electrons. The van der Waals surface area contributed by atoms with Crippen LogP contribution in [0.5, 0.6) is 0 Å². The number of hydrogen-bond acceptors (Lipinski definition) is 3. The topological polar surface area (TPSA) is 69.2 Å². The first kappa shape index (κ1) is 8.68. The molecule has 0 unspecified atom stereocenters. The van der Waals surface area contributed by atoms with Gasteiger partial charge in [-0.05, 0) is 13.0 Å². The summed E-state index contributed by atoms with van der Waals surface area (Å²) in [4.78, 5) is 20.2. The van der Waals surface area contributed by atoms with Gasteiger partial charge in [-0.1, -0.05) is 0 Å². The molecular weight excluding hydrogens is 134 g/mol. The number of amides is 1. The lowest BCUT2D eigenvalue weighted by molar-refractivity contribution is -0.297. The minimum absolute atomic E-state index is 0.424. The zero-order chi connectivity index (χ0) is 7.98. The average molecular weight is 142 g/mol. The van der Waals surface area contributed by atoms with Crippen LogP contribution < -0.4 is 10.4 Å². The number of carboxylic acid groups (broad SMARTS) is 1. The third-order valence-corrected chi connectivity index (χ3v) is 0.722. The molecule has 0 spiro atoms. The van der Waals surface area contributed by atoms with Gasteiger partial charge in [0, 0.05) is 12.6 Å². The second-order valence-electron chi connectivity index (χ2n) is 1.55. The Morgan fingerprint density at radius 1 is 1.50 bits per heavy atom. The summed E-state index contributed by atoms with van der Waals surface area (Å²) >= 11 is 0. The summed E-state index contributed by atoms with van der Waals surface area (Å²) in [5, 5.41) is 12.1. The molecule has 0 aliphatic heterocycles. The Morgan fingerprint density at radius 2 is 2.10 bits per heavy atom. The summed E-state index contributed by atoms with van der Waals surface area (Å²) in [7, 11) is 0. The monoisotopic (exact) mass is 142 g/mol. The molecule has 0 fully saturated rings. The number of carbonyl (C=O) groups is 2. The predicted octanol–water partition coefficient (Wildman–Crippen LogP) is -1.57. The van der Waals surface area contributed by atoms with Crippen molar-refractivity contribution in [3.8, 4) is 0 Å². The lowest BCUT2D eigenvalue weighted by atomic mass is 10.4. The number of likely N-dealkylation sites (N-methyl/N-ethyl adjacent to an activating group) is 1. The summed E-state index contributed by atoms with van der Waals surface area (Å²) in [5.74, 6) is -1.79. The molecule has 56 valence electrons. The van der Waals surface area contributed by atoms with Crippen LogP contribution in [0.25, 0.3) is 0 Å². The molecule has 0 saturated heterocycles. The van der Waals surface area contributed by atoms with Crippen molar-refractivity contribution in [1.82, 2.24) is 5.32 Å². The lowest BCUT2D eigenvalue weighted by Gasteiger charge is -1.94. The molecule has 10 heavy (non-hydrogen) atoms. The number of rotatable bonds is 3. The molecule has 0 rings (SSSR count). The third kappa shape index (κ3) is 4.83. The second kappa shape index (κ2) is 4.55. The Kier molecular flexibility index (Phi) is 3.95. The maximum atomic E-state index is 10.5. The van der Waals surface area contributed by atoms with E-state index in [9.17, 15) is 14.7 Å². The van der Waals surface area contributed by atoms with E-state index in [4.69, 9.17) is 0 Å². The Labute approximate surface area is 58.5 Å². The molecule has 4 heteroatoms. The van der Waals surface area contributed by atoms with Gasteiger partial charge in [-0.25, -0.2) is 0 Å². The lowest BCUT2D eigenvalue weighted by Crippen LogP contribution is -2.23. The summed E-state index contributed by atoms with van der Waals surface area (Å²) in [6.45, 7) is 2.22. The van der Waals surface area contributed by atoms with E-state index < -0.39 is 11.9 Å². The number of hydrogen-bond donors (Lipinski definition) is 1. The third-order valence-electron chi connectivity index (χ3n) is 0.722. The molecule has 0 aliphatic rings. The van der Waals surface area contributed by atoms with E-state index in [0.29, 0.717) is 12.6 Å². The molecule has 0 atom stereocenters. The molecule has 4 nitrogen and oxygen atoms in total. The summed E-state index contributed by atoms with van der Waals surface area (Å²) in [5.41, 5.74) is 0. The molecule has 0 saturated carbocycles. The van der Waals surface area contributed by atoms with Gasteiger partial charge in [0.15, 0.2) is 0 Å². The highest BCUT2D eigenvalue weighted by Crippen LogP contribution is 1.70. The van der Waals surface area contributed by atoms with Gasteiger partial charge in [0.1, 0.15) is 0 Å². The van der Waals surface area contributed by atoms with Crippen LogP contribution >= 0.6 is 0 Å². The van der Waals surface area contributed by atoms with Crippen LogP contribution in [-0.4, -0.2) is 18.4 Å². The maximum absolute atomic E-state index is 10.5. The molecule has 0 aromatic heterocycles. The van der Waals surface area contributed by atoms with Crippen LogP contribution in [0, 0.1) is 0 Å². The molecular formula is C6H8NO3-. The highest BCUT2D eigenvalue weighted by atomic mass is 16.4. The SMILES string of the molecule is CCNC(=O)C=CC(=O)[O-]. The Hall–Kier alpha value is -1.32. The first-order valence-corrected chi connectivity index (χ1v) is 2.83. The van der Waals surface area contributed by atoms with E-state index in [1.54, 1.807) is 6.92 Å². The number of carbonyl (C=O) groups excluding carboxylic acids is 2. The first-order chi connectivity index (χ1) is 4.66. The maximum Gasteiger partial charge on any atom is 0.244 e. The van der Waals surface area contributed by atoms with Crippen LogP contribution in [0.1, 0.15) is 6.92 Å². The van der Waals surface area contributed by atoms with Crippen molar-refractivity contribution in [2.75, 3.05) is 6.54 Å². The van der Waals surface area contributed by atoms with E-state index in [1.807, 2.05) is 0 Å². The van der Waals surface area contributed by atoms with E-state index in [-0.39, 0.29) is 0 Å². The van der Waals surface area contributed by atoms with Gasteiger partial charge in [-0.15, -0.1) is 0 Å². The standard InChI is InChI=1S/C6H9NO3/c1-2-7-5(8)3-4-6(9)10/h3-4H,2H2,1H3,(H,7,8)(H,9,10)/p-1. The molecule has 0 aromatic carbocycles. The molecule has 0 bridgehead atoms. The minimum Gasteiger partial charge on any atom is -0.545 e. The Balaban J connectivity index is 3.67. The van der Waals surface area contributed by atoms with E-state index in [0.717, 1.165) is 6.08 Å². The molecule has 1 N–H and O–H groups in total. The Morgan fingerprint density at radius 3 is 2.50 bits per heavy atom. The zero-order valence-electron chi connectivity index (χ0n) is 5.59. The average Bonchev–Trinajstić information content (AvgIpc) is 1.85. The van der Waals surface area contributed by atoms with Crippen molar-refractivity contribution >= 4 is 11.9 Å². The van der Waals surface area contributed by atoms with Crippen LogP contribution in [0.3, 0.4) is 0 Å². The number of nitrogens with one attached hydrogen (secondary N) is 1. The molecule has 0 aliphatic carbocycles. The summed E-state index contributed by atoms with van der Waals surface area (Å²) in [6, 6.07) is 0. The Bertz CT molecular complexity index is 162. The van der Waals surface area contributed by atoms with Crippen LogP contribution in [0.15, 0.2) is 12.2 Å². The van der Waals surface area contributed by atoms with E-state index in [2.05, 4.69) is 5.32 Å². The van der Waals surface area contributed by atoms with Crippen molar-refractivity contribution in [3.63, 3.8) is 0 Å². The quantitative estimate of drug-likeness (QED) is 0.484. The number of carboxylic acids is 1. The van der Waals surface area contributed by atoms with Crippen molar-refractivity contribution in [2.24, 2.45) is 0 Å². The van der Waals surface area contributed by atoms with Gasteiger partial charge in [-0.2, -0.15) is 0 Å². The van der Waals surface area contributed by atoms with Crippen LogP contribution in [-0.2, 0) is 9.59 Å². The fraction of sp³-hybridized carbons (Fsp3) is 0.333. The molecule has 0 heterocycles. The summed E-state index contributed by atoms with van der Waals surface area (Å²) in [6.07, 6.45) is 1.60. The van der Waals surface area contributed by atoms with Crippen molar-refractivity contribution in [2.45, 2.75) is 6.92 Å². The van der Waals surface area contributed by atoms with Crippen LogP contribution in [0.2, 0.25) is 0 Å². The van der Waals surface area contributed by atoms with Crippen molar-refractivity contribution in [1.29, 1.82) is 0 Å². The molecule has 1 amide bonds. The van der Waals surface area contributed by atoms with Crippen LogP contribution in [0.4, 0.5) is 0 Å². The second-order valence-corrected chi connectivity index (χ2v) is 1.55. The first-order valence-electron chi connectivity index (χ1n) is 2.83. The van der Waals surface area contributed by atoms with Crippen molar-refractivity contribution in [3.05, 3.63) is 12.2 Å². The number of aliphatic carboxylic acids is 1. The smallest absolute Gasteiger partial charge is 0.244 e. The fourth-order valence-corrected chi connectivity index (χ4v) is 0.377. The van der Waals surface area contributed by atoms with Gasteiger partial charge in [-0.3, -0.25) is 4.79 Å². The van der Waals surface area contributed by atoms with E-state index >= 15 is 0 Å². The van der Waals surface area contributed by atoms with Crippen molar-refractivity contribution < 1.29 is 14.7 Å². The predicted molar refractivity (Wildman–Crippen MR) is 32.8 cm³/mol. The minimum atomic E-state index is -1.37. The van der Waals surface area contributed by atoms with E-state index in [1.165, 1.54) is 0 Å². The molecule has 0 aromatic rings. The summed E-state index contributed by atoms with van der Waals surface area (Å²) < 4.78 is 0.